The number of likely N-dealkylation sites (tertiary alicyclic amines) is 1. The number of benzene rings is 3. The fraction of sp³-hybridized carbons (Fsp3) is 0.280. The molecule has 4 rings (SSSR count). The van der Waals surface area contributed by atoms with Crippen molar-refractivity contribution in [2.45, 2.75) is 31.7 Å². The second-order valence-corrected chi connectivity index (χ2v) is 7.91. The van der Waals surface area contributed by atoms with E-state index in [1.54, 1.807) is 17.0 Å². The normalized spacial score (nSPS) is 16.3. The largest absolute Gasteiger partial charge is 0.494 e. The number of rotatable bonds is 5. The lowest BCUT2D eigenvalue weighted by molar-refractivity contribution is -0.119. The van der Waals surface area contributed by atoms with E-state index in [0.717, 1.165) is 41.2 Å². The van der Waals surface area contributed by atoms with Gasteiger partial charge in [0.25, 0.3) is 5.91 Å². The molecule has 1 saturated heterocycles. The molecule has 0 aromatic heterocycles. The average Bonchev–Trinajstić information content (AvgIpc) is 2.77. The zero-order valence-corrected chi connectivity index (χ0v) is 17.4. The molecule has 1 heterocycles. The first kappa shape index (κ1) is 20.8. The zero-order chi connectivity index (χ0) is 22.0. The van der Waals surface area contributed by atoms with Crippen molar-refractivity contribution >= 4 is 22.6 Å². The monoisotopic (exact) mass is 420 g/mol. The van der Waals surface area contributed by atoms with Crippen LogP contribution in [-0.2, 0) is 4.79 Å². The van der Waals surface area contributed by atoms with Gasteiger partial charge >= 0.3 is 0 Å². The number of primary amides is 1. The summed E-state index contributed by atoms with van der Waals surface area (Å²) in [6.45, 7) is 0.625. The summed E-state index contributed by atoms with van der Waals surface area (Å²) >= 11 is 0. The highest BCUT2D eigenvalue weighted by Crippen LogP contribution is 2.32. The van der Waals surface area contributed by atoms with Crippen LogP contribution in [0.15, 0.2) is 54.6 Å². The lowest BCUT2D eigenvalue weighted by Gasteiger charge is -2.35. The third kappa shape index (κ3) is 4.24. The van der Waals surface area contributed by atoms with Gasteiger partial charge < -0.3 is 15.4 Å². The molecule has 0 aliphatic carbocycles. The van der Waals surface area contributed by atoms with Gasteiger partial charge in [0.05, 0.1) is 7.11 Å². The van der Waals surface area contributed by atoms with Crippen LogP contribution in [-0.4, -0.2) is 36.4 Å². The minimum absolute atomic E-state index is 0.0891. The van der Waals surface area contributed by atoms with Crippen LogP contribution < -0.4 is 10.5 Å². The summed E-state index contributed by atoms with van der Waals surface area (Å²) in [6.07, 6.45) is 2.88. The number of fused-ring (bicyclic) bond motifs is 1. The molecule has 1 aliphatic rings. The van der Waals surface area contributed by atoms with Gasteiger partial charge in [0.1, 0.15) is 0 Å². The summed E-state index contributed by atoms with van der Waals surface area (Å²) in [5.41, 5.74) is 7.57. The molecule has 1 aliphatic heterocycles. The van der Waals surface area contributed by atoms with Crippen LogP contribution in [0, 0.1) is 5.82 Å². The van der Waals surface area contributed by atoms with Gasteiger partial charge in [-0.1, -0.05) is 30.3 Å². The molecular weight excluding hydrogens is 395 g/mol. The van der Waals surface area contributed by atoms with Crippen molar-refractivity contribution in [1.82, 2.24) is 4.90 Å². The van der Waals surface area contributed by atoms with Gasteiger partial charge in [0.15, 0.2) is 11.6 Å². The van der Waals surface area contributed by atoms with Crippen LogP contribution in [0.4, 0.5) is 4.39 Å². The predicted molar refractivity (Wildman–Crippen MR) is 118 cm³/mol. The van der Waals surface area contributed by atoms with Gasteiger partial charge in [-0.05, 0) is 65.4 Å². The predicted octanol–water partition coefficient (Wildman–Crippen LogP) is 4.52. The fourth-order valence-corrected chi connectivity index (χ4v) is 4.38. The molecule has 1 unspecified atom stereocenters. The Hall–Kier alpha value is -3.41. The second kappa shape index (κ2) is 8.76. The van der Waals surface area contributed by atoms with E-state index in [-0.39, 0.29) is 30.0 Å². The Morgan fingerprint density at radius 1 is 1.13 bits per heavy atom. The van der Waals surface area contributed by atoms with Crippen LogP contribution in [0.5, 0.6) is 5.75 Å². The summed E-state index contributed by atoms with van der Waals surface area (Å²) in [4.78, 5) is 26.4. The molecule has 3 aromatic carbocycles. The summed E-state index contributed by atoms with van der Waals surface area (Å²) < 4.78 is 19.2. The van der Waals surface area contributed by atoms with E-state index in [1.165, 1.54) is 13.2 Å². The molecule has 0 bridgehead atoms. The number of hydrogen-bond acceptors (Lipinski definition) is 3. The molecule has 31 heavy (non-hydrogen) atoms. The Morgan fingerprint density at radius 2 is 1.97 bits per heavy atom. The minimum atomic E-state index is -0.422. The van der Waals surface area contributed by atoms with Crippen molar-refractivity contribution in [2.75, 3.05) is 13.7 Å². The number of piperidine rings is 1. The van der Waals surface area contributed by atoms with Crippen molar-refractivity contribution in [2.24, 2.45) is 5.73 Å². The van der Waals surface area contributed by atoms with E-state index < -0.39 is 5.82 Å². The number of amides is 2. The number of halogens is 1. The van der Waals surface area contributed by atoms with E-state index in [2.05, 4.69) is 0 Å². The maximum absolute atomic E-state index is 14.2. The highest BCUT2D eigenvalue weighted by molar-refractivity contribution is 6.03. The maximum atomic E-state index is 14.2. The number of carbonyl (C=O) groups is 2. The summed E-state index contributed by atoms with van der Waals surface area (Å²) in [5.74, 6) is -0.702. The first-order chi connectivity index (χ1) is 15.0. The van der Waals surface area contributed by atoms with Crippen LogP contribution in [0.1, 0.15) is 36.0 Å². The molecule has 2 N–H and O–H groups in total. The summed E-state index contributed by atoms with van der Waals surface area (Å²) in [7, 11) is 1.44. The van der Waals surface area contributed by atoms with Crippen molar-refractivity contribution < 1.29 is 18.7 Å². The first-order valence-corrected chi connectivity index (χ1v) is 10.4. The summed E-state index contributed by atoms with van der Waals surface area (Å²) in [5, 5.41) is 1.82. The fourth-order valence-electron chi connectivity index (χ4n) is 4.38. The molecular formula is C25H25FN2O3. The lowest BCUT2D eigenvalue weighted by Crippen LogP contribution is -2.45. The molecule has 2 amide bonds. The molecule has 0 radical (unpaired) electrons. The Bertz CT molecular complexity index is 1140. The van der Waals surface area contributed by atoms with Crippen LogP contribution in [0.3, 0.4) is 0 Å². The minimum Gasteiger partial charge on any atom is -0.494 e. The molecule has 5 nitrogen and oxygen atoms in total. The van der Waals surface area contributed by atoms with Crippen LogP contribution in [0.25, 0.3) is 21.9 Å². The topological polar surface area (TPSA) is 72.6 Å². The standard InChI is InChI=1S/C25H25FN2O3/c1-31-23-11-9-17(14-22(23)26)20-7-4-5-16-13-18(8-10-21(16)20)25(30)28-12-3-2-6-19(28)15-24(27)29/h4-5,7-11,13-14,19H,2-3,6,12,15H2,1H3,(H2,27,29). The quantitative estimate of drug-likeness (QED) is 0.659. The molecule has 160 valence electrons. The number of methoxy groups -OCH3 is 1. The maximum Gasteiger partial charge on any atom is 0.254 e. The Morgan fingerprint density at radius 3 is 2.71 bits per heavy atom. The number of carbonyl (C=O) groups excluding carboxylic acids is 2. The van der Waals surface area contributed by atoms with Gasteiger partial charge in [-0.2, -0.15) is 0 Å². The number of hydrogen-bond donors (Lipinski definition) is 1. The Kier molecular flexibility index (Phi) is 5.89. The highest BCUT2D eigenvalue weighted by Gasteiger charge is 2.28. The van der Waals surface area contributed by atoms with Gasteiger partial charge in [-0.15, -0.1) is 0 Å². The zero-order valence-electron chi connectivity index (χ0n) is 17.4. The van der Waals surface area contributed by atoms with Crippen LogP contribution >= 0.6 is 0 Å². The second-order valence-electron chi connectivity index (χ2n) is 7.91. The Balaban J connectivity index is 1.68. The van der Waals surface area contributed by atoms with Crippen molar-refractivity contribution in [3.05, 3.63) is 66.0 Å². The van der Waals surface area contributed by atoms with Crippen molar-refractivity contribution in [3.8, 4) is 16.9 Å². The summed E-state index contributed by atoms with van der Waals surface area (Å²) in [6, 6.07) is 16.0. The highest BCUT2D eigenvalue weighted by atomic mass is 19.1. The third-order valence-electron chi connectivity index (χ3n) is 5.91. The van der Waals surface area contributed by atoms with E-state index in [0.29, 0.717) is 12.1 Å². The van der Waals surface area contributed by atoms with Crippen molar-refractivity contribution in [3.63, 3.8) is 0 Å². The lowest BCUT2D eigenvalue weighted by atomic mass is 9.95. The number of nitrogens with two attached hydrogens (primary N) is 1. The van der Waals surface area contributed by atoms with E-state index >= 15 is 0 Å². The first-order valence-electron chi connectivity index (χ1n) is 10.4. The van der Waals surface area contributed by atoms with Gasteiger partial charge in [0.2, 0.25) is 5.91 Å². The van der Waals surface area contributed by atoms with E-state index in [1.807, 2.05) is 36.4 Å². The third-order valence-corrected chi connectivity index (χ3v) is 5.91. The van der Waals surface area contributed by atoms with Crippen molar-refractivity contribution in [1.29, 1.82) is 0 Å². The van der Waals surface area contributed by atoms with E-state index in [9.17, 15) is 14.0 Å². The molecule has 0 spiro atoms. The van der Waals surface area contributed by atoms with Crippen LogP contribution in [0.2, 0.25) is 0 Å². The molecule has 1 atom stereocenters. The van der Waals surface area contributed by atoms with Gasteiger partial charge in [0, 0.05) is 24.6 Å². The molecule has 0 saturated carbocycles. The SMILES string of the molecule is COc1ccc(-c2cccc3cc(C(=O)N4CCCCC4CC(N)=O)ccc23)cc1F. The molecule has 6 heteroatoms. The van der Waals surface area contributed by atoms with Gasteiger partial charge in [-0.25, -0.2) is 4.39 Å². The average molecular weight is 420 g/mol. The van der Waals surface area contributed by atoms with Gasteiger partial charge in [-0.3, -0.25) is 9.59 Å². The molecule has 1 fully saturated rings. The number of ether oxygens (including phenoxy) is 1. The van der Waals surface area contributed by atoms with E-state index in [4.69, 9.17) is 10.5 Å². The number of nitrogens with zero attached hydrogens (tertiary/aromatic N) is 1. The Labute approximate surface area is 180 Å². The molecule has 3 aromatic rings. The smallest absolute Gasteiger partial charge is 0.254 e.